The van der Waals surface area contributed by atoms with Gasteiger partial charge in [0.05, 0.1) is 12.1 Å². The number of hydrazine groups is 1. The molecule has 11 N–H and O–H groups in total. The Labute approximate surface area is 228 Å². The predicted octanol–water partition coefficient (Wildman–Crippen LogP) is 1.38. The maximum absolute atomic E-state index is 10.1. The quantitative estimate of drug-likeness (QED) is 0.0593. The summed E-state index contributed by atoms with van der Waals surface area (Å²) in [5.41, 5.74) is 17.7. The zero-order valence-corrected chi connectivity index (χ0v) is 23.0. The summed E-state index contributed by atoms with van der Waals surface area (Å²) in [6.07, 6.45) is 15.4. The van der Waals surface area contributed by atoms with E-state index in [1.807, 2.05) is 0 Å². The largest absolute Gasteiger partial charge is 0.379 e. The monoisotopic (exact) mass is 535 g/mol. The van der Waals surface area contributed by atoms with E-state index in [1.165, 1.54) is 38.5 Å². The van der Waals surface area contributed by atoms with E-state index in [4.69, 9.17) is 32.3 Å². The molecular weight excluding hydrogens is 482 g/mol. The van der Waals surface area contributed by atoms with E-state index in [0.717, 1.165) is 43.4 Å². The van der Waals surface area contributed by atoms with Crippen LogP contribution in [-0.4, -0.2) is 65.7 Å². The molecule has 0 heterocycles. The minimum Gasteiger partial charge on any atom is -0.379 e. The molecule has 9 unspecified atom stereocenters. The maximum Gasteiger partial charge on any atom is 0.166 e. The molecule has 0 aromatic rings. The second-order valence-electron chi connectivity index (χ2n) is 12.3. The molecule has 4 aliphatic rings. The molecule has 38 heavy (non-hydrogen) atoms. The van der Waals surface area contributed by atoms with Crippen molar-refractivity contribution in [2.24, 2.45) is 46.9 Å². The van der Waals surface area contributed by atoms with Gasteiger partial charge in [0.2, 0.25) is 0 Å². The highest BCUT2D eigenvalue weighted by atomic mass is 16.5. The average Bonchev–Trinajstić information content (AvgIpc) is 3.22. The SMILES string of the molecule is NCC(NN)C1CCC(C2CCC(C3C4=C3CC(OCCCC(O)NCCCCC(N)C(O)O)C=C4)C2)C1. The highest BCUT2D eigenvalue weighted by Crippen LogP contribution is 2.57. The Morgan fingerprint density at radius 3 is 2.50 bits per heavy atom. The first-order valence-electron chi connectivity index (χ1n) is 15.1. The summed E-state index contributed by atoms with van der Waals surface area (Å²) in [6.45, 7) is 1.96. The number of hydrogen-bond acceptors (Lipinski definition) is 9. The van der Waals surface area contributed by atoms with Crippen molar-refractivity contribution in [1.82, 2.24) is 10.7 Å². The van der Waals surface area contributed by atoms with Crippen molar-refractivity contribution in [2.75, 3.05) is 19.7 Å². The van der Waals surface area contributed by atoms with Gasteiger partial charge in [-0.15, -0.1) is 0 Å². The van der Waals surface area contributed by atoms with E-state index < -0.39 is 18.6 Å². The van der Waals surface area contributed by atoms with Gasteiger partial charge in [-0.2, -0.15) is 0 Å². The lowest BCUT2D eigenvalue weighted by Crippen LogP contribution is -2.45. The van der Waals surface area contributed by atoms with Gasteiger partial charge in [0.1, 0.15) is 6.23 Å². The molecule has 0 radical (unpaired) electrons. The average molecular weight is 536 g/mol. The molecule has 0 saturated heterocycles. The number of unbranched alkanes of at least 4 members (excludes halogenated alkanes) is 1. The molecule has 0 bridgehead atoms. The first-order valence-corrected chi connectivity index (χ1v) is 15.1. The smallest absolute Gasteiger partial charge is 0.166 e. The summed E-state index contributed by atoms with van der Waals surface area (Å²) >= 11 is 0. The summed E-state index contributed by atoms with van der Waals surface area (Å²) in [5.74, 6) is 9.59. The molecule has 2 saturated carbocycles. The third kappa shape index (κ3) is 8.08. The number of ether oxygens (including phenoxy) is 1. The molecule has 0 amide bonds. The van der Waals surface area contributed by atoms with Gasteiger partial charge in [-0.3, -0.25) is 16.6 Å². The van der Waals surface area contributed by atoms with Crippen LogP contribution in [0.3, 0.4) is 0 Å². The molecule has 9 atom stereocenters. The van der Waals surface area contributed by atoms with E-state index in [1.54, 1.807) is 11.1 Å². The van der Waals surface area contributed by atoms with Crippen molar-refractivity contribution in [3.8, 4) is 0 Å². The number of aliphatic hydroxyl groups is 3. The van der Waals surface area contributed by atoms with Gasteiger partial charge in [-0.05, 0) is 106 Å². The molecule has 0 aliphatic heterocycles. The van der Waals surface area contributed by atoms with Gasteiger partial charge in [0.25, 0.3) is 0 Å². The van der Waals surface area contributed by atoms with Crippen LogP contribution in [0.25, 0.3) is 0 Å². The zero-order valence-electron chi connectivity index (χ0n) is 23.0. The minimum atomic E-state index is -1.46. The zero-order chi connectivity index (χ0) is 27.1. The van der Waals surface area contributed by atoms with Gasteiger partial charge in [-0.1, -0.05) is 24.1 Å². The first-order chi connectivity index (χ1) is 18.4. The third-order valence-electron chi connectivity index (χ3n) is 9.79. The molecule has 9 nitrogen and oxygen atoms in total. The van der Waals surface area contributed by atoms with Crippen LogP contribution in [0.5, 0.6) is 0 Å². The Balaban J connectivity index is 1.05. The van der Waals surface area contributed by atoms with Crippen LogP contribution in [0.4, 0.5) is 0 Å². The molecule has 0 aromatic carbocycles. The Bertz CT molecular complexity index is 789. The van der Waals surface area contributed by atoms with E-state index >= 15 is 0 Å². The normalized spacial score (nSPS) is 33.1. The predicted molar refractivity (Wildman–Crippen MR) is 149 cm³/mol. The molecule has 4 rings (SSSR count). The number of nitrogens with one attached hydrogen (secondary N) is 2. The van der Waals surface area contributed by atoms with Gasteiger partial charge in [-0.25, -0.2) is 0 Å². The van der Waals surface area contributed by atoms with Crippen LogP contribution < -0.4 is 28.1 Å². The summed E-state index contributed by atoms with van der Waals surface area (Å²) < 4.78 is 6.14. The van der Waals surface area contributed by atoms with E-state index in [9.17, 15) is 5.11 Å². The van der Waals surface area contributed by atoms with Crippen molar-refractivity contribution >= 4 is 0 Å². The van der Waals surface area contributed by atoms with Gasteiger partial charge in [0, 0.05) is 25.1 Å². The van der Waals surface area contributed by atoms with Crippen LogP contribution >= 0.6 is 0 Å². The van der Waals surface area contributed by atoms with E-state index in [0.29, 0.717) is 44.4 Å². The molecule has 0 aromatic heterocycles. The Morgan fingerprint density at radius 2 is 1.74 bits per heavy atom. The van der Waals surface area contributed by atoms with Gasteiger partial charge < -0.3 is 31.5 Å². The minimum absolute atomic E-state index is 0.166. The fraction of sp³-hybridized carbons (Fsp3) is 0.862. The fourth-order valence-electron chi connectivity index (χ4n) is 7.47. The Kier molecular flexibility index (Phi) is 11.6. The molecule has 4 aliphatic carbocycles. The van der Waals surface area contributed by atoms with Gasteiger partial charge in [0.15, 0.2) is 6.29 Å². The van der Waals surface area contributed by atoms with Crippen LogP contribution in [0, 0.1) is 29.6 Å². The molecule has 2 fully saturated rings. The maximum atomic E-state index is 10.1. The first kappa shape index (κ1) is 30.1. The second kappa shape index (κ2) is 14.7. The summed E-state index contributed by atoms with van der Waals surface area (Å²) in [7, 11) is 0. The topological polar surface area (TPSA) is 172 Å². The van der Waals surface area contributed by atoms with Crippen molar-refractivity contribution in [1.29, 1.82) is 0 Å². The van der Waals surface area contributed by atoms with E-state index in [-0.39, 0.29) is 12.1 Å². The Hall–Kier alpha value is -0.880. The molecule has 218 valence electrons. The lowest BCUT2D eigenvalue weighted by Gasteiger charge is -2.23. The Morgan fingerprint density at radius 1 is 0.974 bits per heavy atom. The van der Waals surface area contributed by atoms with Crippen LogP contribution in [0.1, 0.15) is 77.0 Å². The standard InChI is InChI=1S/C29H53N5O4/c30-17-26(34-32)20-8-6-18(14-20)19-7-9-21(15-19)28-23-11-10-22(16-24(23)28)38-13-3-5-27(35)33-12-2-1-4-25(31)29(36)37/h10-11,18-22,25-29,33-37H,1-9,12-17,30-32H2. The van der Waals surface area contributed by atoms with Crippen molar-refractivity contribution in [2.45, 2.75) is 108 Å². The number of nitrogens with two attached hydrogens (primary N) is 3. The highest BCUT2D eigenvalue weighted by Gasteiger charge is 2.47. The van der Waals surface area contributed by atoms with Gasteiger partial charge >= 0.3 is 0 Å². The number of allylic oxidation sites excluding steroid dienone is 2. The summed E-state index contributed by atoms with van der Waals surface area (Å²) in [4.78, 5) is 0. The van der Waals surface area contributed by atoms with Crippen molar-refractivity contribution in [3.05, 3.63) is 23.3 Å². The highest BCUT2D eigenvalue weighted by molar-refractivity contribution is 5.52. The fourth-order valence-corrected chi connectivity index (χ4v) is 7.47. The van der Waals surface area contributed by atoms with Crippen molar-refractivity contribution in [3.63, 3.8) is 0 Å². The summed E-state index contributed by atoms with van der Waals surface area (Å²) in [5, 5.41) is 31.2. The lowest BCUT2D eigenvalue weighted by atomic mass is 9.86. The van der Waals surface area contributed by atoms with Crippen molar-refractivity contribution < 1.29 is 20.1 Å². The van der Waals surface area contributed by atoms with E-state index in [2.05, 4.69) is 22.9 Å². The second-order valence-corrected chi connectivity index (χ2v) is 12.3. The van der Waals surface area contributed by atoms with Crippen LogP contribution in [0.15, 0.2) is 23.3 Å². The molecular formula is C29H53N5O4. The van der Waals surface area contributed by atoms with Crippen LogP contribution in [-0.2, 0) is 4.74 Å². The number of rotatable bonds is 17. The molecule has 0 spiro atoms. The number of hydrogen-bond donors (Lipinski definition) is 8. The lowest BCUT2D eigenvalue weighted by molar-refractivity contribution is -0.0599. The number of aliphatic hydroxyl groups excluding tert-OH is 2. The molecule has 9 heteroatoms. The summed E-state index contributed by atoms with van der Waals surface area (Å²) in [6, 6.07) is -0.339. The van der Waals surface area contributed by atoms with Crippen LogP contribution in [0.2, 0.25) is 0 Å². The third-order valence-corrected chi connectivity index (χ3v) is 9.79.